The number of hydrogen-bond donors (Lipinski definition) is 7. The fraction of sp³-hybridized carbons (Fsp3) is 0.950. The van der Waals surface area contributed by atoms with Gasteiger partial charge >= 0.3 is 5.97 Å². The first kappa shape index (κ1) is 31.9. The summed E-state index contributed by atoms with van der Waals surface area (Å²) >= 11 is 0. The molecule has 28 heavy (non-hydrogen) atoms. The predicted molar refractivity (Wildman–Crippen MR) is 109 cm³/mol. The van der Waals surface area contributed by atoms with Crippen LogP contribution < -0.4 is 0 Å². The summed E-state index contributed by atoms with van der Waals surface area (Å²) in [7, 11) is 0. The molecule has 172 valence electrons. The second kappa shape index (κ2) is 24.3. The second-order valence-electron chi connectivity index (χ2n) is 6.75. The topological polar surface area (TPSA) is 159 Å². The van der Waals surface area contributed by atoms with Gasteiger partial charge in [-0.05, 0) is 6.42 Å². The quantitative estimate of drug-likeness (QED) is 0.211. The van der Waals surface area contributed by atoms with Crippen molar-refractivity contribution in [2.45, 2.75) is 109 Å². The first-order valence-corrected chi connectivity index (χ1v) is 10.4. The second-order valence-corrected chi connectivity index (χ2v) is 6.75. The van der Waals surface area contributed by atoms with Crippen LogP contribution in [0.5, 0.6) is 0 Å². The Kier molecular flexibility index (Phi) is 27.7. The van der Waals surface area contributed by atoms with Crippen LogP contribution in [0.2, 0.25) is 0 Å². The minimum absolute atomic E-state index is 0.337. The van der Waals surface area contributed by atoms with Gasteiger partial charge in [-0.25, -0.2) is 0 Å². The molecule has 0 amide bonds. The Bertz CT molecular complexity index is 297. The van der Waals surface area contributed by atoms with E-state index in [0.717, 1.165) is 12.8 Å². The van der Waals surface area contributed by atoms with E-state index in [1.165, 1.54) is 44.9 Å². The number of aliphatic carboxylic acids is 1. The molecule has 0 rings (SSSR count). The minimum Gasteiger partial charge on any atom is -0.481 e. The summed E-state index contributed by atoms with van der Waals surface area (Å²) in [4.78, 5) is 10.0. The van der Waals surface area contributed by atoms with Gasteiger partial charge in [0.05, 0.1) is 13.2 Å². The summed E-state index contributed by atoms with van der Waals surface area (Å²) in [6.07, 6.45) is 5.03. The van der Waals surface area contributed by atoms with Crippen molar-refractivity contribution in [2.24, 2.45) is 0 Å². The van der Waals surface area contributed by atoms with Crippen LogP contribution in [0.3, 0.4) is 0 Å². The van der Waals surface area contributed by atoms with Crippen molar-refractivity contribution in [1.29, 1.82) is 0 Å². The lowest BCUT2D eigenvalue weighted by atomic mass is 10.0. The minimum atomic E-state index is -1.67. The van der Waals surface area contributed by atoms with Crippen molar-refractivity contribution < 1.29 is 40.5 Å². The molecule has 0 unspecified atom stereocenters. The van der Waals surface area contributed by atoms with Crippen LogP contribution in [-0.4, -0.2) is 79.3 Å². The standard InChI is InChI=1S/C8H16O2.C6H14O6.C6H14/c1-2-3-4-5-6-7-8(9)10;7-1-3(9)5(11)6(12)4(10)2-8;1-3-5-6-4-2/h2-7H2,1H3,(H,9,10);3-12H,1-2H2;3-6H2,1-2H3/t;3-,4-,5-,6-;/m.1./s1. The van der Waals surface area contributed by atoms with Gasteiger partial charge in [0.1, 0.15) is 24.4 Å². The number of rotatable bonds is 14. The predicted octanol–water partition coefficient (Wildman–Crippen LogP) is 1.43. The fourth-order valence-corrected chi connectivity index (χ4v) is 2.05. The zero-order chi connectivity index (χ0) is 22.4. The maximum atomic E-state index is 10.0. The maximum absolute atomic E-state index is 10.0. The summed E-state index contributed by atoms with van der Waals surface area (Å²) in [6.45, 7) is 5.16. The SMILES string of the molecule is CCCCCC.CCCCCCCC(=O)O.OC[C@@H](O)[C@@H](O)[C@H](O)[C@H](O)CO. The Balaban J connectivity index is -0.000000354. The molecule has 8 nitrogen and oxygen atoms in total. The van der Waals surface area contributed by atoms with Crippen molar-refractivity contribution in [2.75, 3.05) is 13.2 Å². The molecule has 0 radical (unpaired) electrons. The summed E-state index contributed by atoms with van der Waals surface area (Å²) in [5, 5.41) is 60.4. The zero-order valence-electron chi connectivity index (χ0n) is 17.8. The Labute approximate surface area is 169 Å². The van der Waals surface area contributed by atoms with E-state index in [0.29, 0.717) is 6.42 Å². The lowest BCUT2D eigenvalue weighted by Crippen LogP contribution is -2.46. The van der Waals surface area contributed by atoms with Gasteiger partial charge in [-0.2, -0.15) is 0 Å². The third-order valence-electron chi connectivity index (χ3n) is 3.96. The molecule has 0 bridgehead atoms. The molecule has 4 atom stereocenters. The highest BCUT2D eigenvalue weighted by molar-refractivity contribution is 5.66. The summed E-state index contributed by atoms with van der Waals surface area (Å²) in [6, 6.07) is 0. The molecule has 7 N–H and O–H groups in total. The molecule has 0 aliphatic carbocycles. The smallest absolute Gasteiger partial charge is 0.303 e. The van der Waals surface area contributed by atoms with Gasteiger partial charge in [0.2, 0.25) is 0 Å². The molecule has 0 heterocycles. The molecular weight excluding hydrogens is 368 g/mol. The van der Waals surface area contributed by atoms with E-state index in [2.05, 4.69) is 20.8 Å². The molecule has 0 aromatic rings. The van der Waals surface area contributed by atoms with Gasteiger partial charge in [0, 0.05) is 6.42 Å². The van der Waals surface area contributed by atoms with Gasteiger partial charge in [-0.1, -0.05) is 72.1 Å². The maximum Gasteiger partial charge on any atom is 0.303 e. The largest absolute Gasteiger partial charge is 0.481 e. The molecule has 0 aliphatic rings. The number of aliphatic hydroxyl groups is 6. The van der Waals surface area contributed by atoms with E-state index in [1.807, 2.05) is 0 Å². The molecule has 8 heteroatoms. The van der Waals surface area contributed by atoms with Crippen molar-refractivity contribution in [1.82, 2.24) is 0 Å². The van der Waals surface area contributed by atoms with E-state index < -0.39 is 43.6 Å². The molecule has 0 fully saturated rings. The highest BCUT2D eigenvalue weighted by Crippen LogP contribution is 2.05. The number of unbranched alkanes of at least 4 members (excludes halogenated alkanes) is 7. The van der Waals surface area contributed by atoms with E-state index in [-0.39, 0.29) is 0 Å². The number of carbonyl (C=O) groups is 1. The molecular formula is C20H44O8. The van der Waals surface area contributed by atoms with Crippen molar-refractivity contribution in [3.05, 3.63) is 0 Å². The number of aliphatic hydroxyl groups excluding tert-OH is 6. The summed E-state index contributed by atoms with van der Waals surface area (Å²) in [5.74, 6) is -0.670. The van der Waals surface area contributed by atoms with Crippen molar-refractivity contribution >= 4 is 5.97 Å². The third-order valence-corrected chi connectivity index (χ3v) is 3.96. The van der Waals surface area contributed by atoms with Crippen LogP contribution in [-0.2, 0) is 4.79 Å². The first-order valence-electron chi connectivity index (χ1n) is 10.4. The van der Waals surface area contributed by atoms with Crippen LogP contribution in [0.15, 0.2) is 0 Å². The number of hydrogen-bond acceptors (Lipinski definition) is 7. The van der Waals surface area contributed by atoms with Crippen LogP contribution in [0.4, 0.5) is 0 Å². The average molecular weight is 413 g/mol. The van der Waals surface area contributed by atoms with Gasteiger partial charge < -0.3 is 35.7 Å². The van der Waals surface area contributed by atoms with Crippen LogP contribution in [0.1, 0.15) is 85.0 Å². The Morgan fingerprint density at radius 2 is 0.964 bits per heavy atom. The lowest BCUT2D eigenvalue weighted by Gasteiger charge is -2.24. The van der Waals surface area contributed by atoms with Crippen LogP contribution in [0, 0.1) is 0 Å². The van der Waals surface area contributed by atoms with Gasteiger partial charge in [-0.15, -0.1) is 0 Å². The van der Waals surface area contributed by atoms with Crippen LogP contribution >= 0.6 is 0 Å². The first-order chi connectivity index (χ1) is 13.2. The molecule has 0 spiro atoms. The van der Waals surface area contributed by atoms with E-state index in [9.17, 15) is 4.79 Å². The number of carboxylic acid groups (broad SMARTS) is 1. The Morgan fingerprint density at radius 1 is 0.643 bits per heavy atom. The van der Waals surface area contributed by atoms with Crippen LogP contribution in [0.25, 0.3) is 0 Å². The molecule has 0 saturated carbocycles. The van der Waals surface area contributed by atoms with Crippen molar-refractivity contribution in [3.8, 4) is 0 Å². The summed E-state index contributed by atoms with van der Waals surface area (Å²) in [5.41, 5.74) is 0. The Hall–Kier alpha value is -0.770. The van der Waals surface area contributed by atoms with E-state index in [1.54, 1.807) is 0 Å². The fourth-order valence-electron chi connectivity index (χ4n) is 2.05. The lowest BCUT2D eigenvalue weighted by molar-refractivity contribution is -0.137. The third kappa shape index (κ3) is 23.3. The molecule has 0 aromatic heterocycles. The molecule has 0 aromatic carbocycles. The highest BCUT2D eigenvalue weighted by Gasteiger charge is 2.29. The average Bonchev–Trinajstić information content (AvgIpc) is 2.70. The highest BCUT2D eigenvalue weighted by atomic mass is 16.4. The van der Waals surface area contributed by atoms with Gasteiger partial charge in [0.15, 0.2) is 0 Å². The van der Waals surface area contributed by atoms with Crippen molar-refractivity contribution in [3.63, 3.8) is 0 Å². The summed E-state index contributed by atoms with van der Waals surface area (Å²) < 4.78 is 0. The zero-order valence-corrected chi connectivity index (χ0v) is 17.8. The van der Waals surface area contributed by atoms with Gasteiger partial charge in [0.25, 0.3) is 0 Å². The van der Waals surface area contributed by atoms with E-state index >= 15 is 0 Å². The van der Waals surface area contributed by atoms with E-state index in [4.69, 9.17) is 35.7 Å². The monoisotopic (exact) mass is 412 g/mol. The Morgan fingerprint density at radius 3 is 1.25 bits per heavy atom. The molecule has 0 saturated heterocycles. The number of carboxylic acids is 1. The molecule has 0 aliphatic heterocycles. The normalized spacial score (nSPS) is 14.6. The van der Waals surface area contributed by atoms with Gasteiger partial charge in [-0.3, -0.25) is 4.79 Å².